The molecule has 2 aliphatic rings. The van der Waals surface area contributed by atoms with Gasteiger partial charge >= 0.3 is 10.1 Å². The molecule has 9 nitrogen and oxygen atoms in total. The summed E-state index contributed by atoms with van der Waals surface area (Å²) < 4.78 is 30.5. The van der Waals surface area contributed by atoms with Crippen LogP contribution in [0.4, 0.5) is 0 Å². The van der Waals surface area contributed by atoms with Crippen LogP contribution in [0.2, 0.25) is 10.0 Å². The lowest BCUT2D eigenvalue weighted by molar-refractivity contribution is -0.154. The number of imide groups is 1. The average molecular weight is 642 g/mol. The first-order valence-electron chi connectivity index (χ1n) is 13.3. The van der Waals surface area contributed by atoms with Crippen molar-refractivity contribution in [2.45, 2.75) is 31.6 Å². The second-order valence-electron chi connectivity index (χ2n) is 10.5. The second kappa shape index (κ2) is 11.9. The smallest absolute Gasteiger partial charge is 0.339 e. The Morgan fingerprint density at radius 2 is 1.51 bits per heavy atom. The number of benzene rings is 3. The Morgan fingerprint density at radius 1 is 0.884 bits per heavy atom. The predicted molar refractivity (Wildman–Crippen MR) is 159 cm³/mol. The highest BCUT2D eigenvalue weighted by molar-refractivity contribution is 7.87. The fourth-order valence-electron chi connectivity index (χ4n) is 5.07. The third-order valence-electron chi connectivity index (χ3n) is 7.43. The quantitative estimate of drug-likeness (QED) is 0.135. The van der Waals surface area contributed by atoms with E-state index in [1.807, 2.05) is 19.9 Å². The van der Waals surface area contributed by atoms with Gasteiger partial charge in [0.05, 0.1) is 21.9 Å². The summed E-state index contributed by atoms with van der Waals surface area (Å²) in [5.74, 6) is -3.82. The fraction of sp³-hybridized carbons (Fsp3) is 0.226. The number of nitrogens with zero attached hydrogens (tertiary/aromatic N) is 2. The van der Waals surface area contributed by atoms with Crippen molar-refractivity contribution in [3.63, 3.8) is 0 Å². The molecule has 43 heavy (non-hydrogen) atoms. The first-order valence-corrected chi connectivity index (χ1v) is 15.5. The number of carbonyl (C=O) groups is 4. The van der Waals surface area contributed by atoms with E-state index in [9.17, 15) is 27.6 Å². The molecule has 5 rings (SSSR count). The SMILES string of the molecule is CC1=CC[C@@H]2C(=O)N(N(CC(=O)c3ccc(OS(=O)(=O)c4ccc(C)cc4)cc3)C(=O)c3ccc(Cl)c(Cl)c3)C(=O)[C@H]2C1. The lowest BCUT2D eigenvalue weighted by Crippen LogP contribution is -2.52. The minimum absolute atomic E-state index is 0.0250. The van der Waals surface area contributed by atoms with Crippen molar-refractivity contribution < 1.29 is 31.8 Å². The maximum atomic E-state index is 13.7. The molecule has 2 atom stereocenters. The van der Waals surface area contributed by atoms with E-state index in [1.54, 1.807) is 12.1 Å². The number of hydrogen-bond acceptors (Lipinski definition) is 7. The minimum Gasteiger partial charge on any atom is -0.379 e. The lowest BCUT2D eigenvalue weighted by atomic mass is 9.82. The highest BCUT2D eigenvalue weighted by Crippen LogP contribution is 2.39. The number of rotatable bonds is 8. The topological polar surface area (TPSA) is 118 Å². The molecular formula is C31H26Cl2N2O7S. The number of hydrogen-bond donors (Lipinski definition) is 0. The van der Waals surface area contributed by atoms with Gasteiger partial charge in [0, 0.05) is 11.1 Å². The average Bonchev–Trinajstić information content (AvgIpc) is 3.21. The highest BCUT2D eigenvalue weighted by Gasteiger charge is 2.51. The van der Waals surface area contributed by atoms with Crippen LogP contribution in [0.3, 0.4) is 0 Å². The lowest BCUT2D eigenvalue weighted by Gasteiger charge is -2.30. The van der Waals surface area contributed by atoms with Gasteiger partial charge in [-0.3, -0.25) is 19.2 Å². The Balaban J connectivity index is 1.40. The molecule has 1 aliphatic carbocycles. The van der Waals surface area contributed by atoms with Gasteiger partial charge in [-0.05, 0) is 81.3 Å². The van der Waals surface area contributed by atoms with Gasteiger partial charge in [0.1, 0.15) is 17.2 Å². The molecule has 3 amide bonds. The number of Topliss-reactive ketones (excluding diaryl/α,β-unsaturated/α-hetero) is 1. The maximum absolute atomic E-state index is 13.7. The Morgan fingerprint density at radius 3 is 2.16 bits per heavy atom. The second-order valence-corrected chi connectivity index (χ2v) is 12.8. The van der Waals surface area contributed by atoms with E-state index in [1.165, 1.54) is 54.6 Å². The standard InChI is InChI=1S/C31H26Cl2N2O7S/c1-18-3-11-23(12-4-18)43(40,41)42-22-9-6-20(7-10-22)28(36)17-34(29(37)21-8-14-26(32)27(33)16-21)35-30(38)24-13-5-19(2)15-25(24)31(35)39/h3-12,14,16,24-25H,13,15,17H2,1-2H3/t24-,25-/m0/s1. The van der Waals surface area contributed by atoms with E-state index in [0.29, 0.717) is 12.8 Å². The minimum atomic E-state index is -4.11. The molecule has 1 heterocycles. The van der Waals surface area contributed by atoms with E-state index >= 15 is 0 Å². The summed E-state index contributed by atoms with van der Waals surface area (Å²) in [6.07, 6.45) is 2.63. The first kappa shape index (κ1) is 30.5. The molecule has 0 N–H and O–H groups in total. The molecule has 3 aromatic carbocycles. The summed E-state index contributed by atoms with van der Waals surface area (Å²) >= 11 is 12.1. The molecule has 0 aromatic heterocycles. The molecule has 0 spiro atoms. The Hall–Kier alpha value is -3.99. The Kier molecular flexibility index (Phi) is 8.47. The summed E-state index contributed by atoms with van der Waals surface area (Å²) in [5, 5.41) is 1.90. The molecule has 12 heteroatoms. The summed E-state index contributed by atoms with van der Waals surface area (Å²) in [5.41, 5.74) is 1.98. The van der Waals surface area contributed by atoms with Crippen LogP contribution >= 0.6 is 23.2 Å². The molecule has 0 unspecified atom stereocenters. The summed E-state index contributed by atoms with van der Waals surface area (Å²) in [4.78, 5) is 54.0. The van der Waals surface area contributed by atoms with Crippen LogP contribution in [0.1, 0.15) is 46.0 Å². The van der Waals surface area contributed by atoms with Crippen molar-refractivity contribution >= 4 is 56.8 Å². The highest BCUT2D eigenvalue weighted by atomic mass is 35.5. The van der Waals surface area contributed by atoms with E-state index in [0.717, 1.165) is 21.2 Å². The molecule has 1 aliphatic heterocycles. The van der Waals surface area contributed by atoms with E-state index in [-0.39, 0.29) is 31.8 Å². The number of allylic oxidation sites excluding steroid dienone is 2. The van der Waals surface area contributed by atoms with E-state index in [2.05, 4.69) is 0 Å². The van der Waals surface area contributed by atoms with Crippen molar-refractivity contribution in [2.75, 3.05) is 6.54 Å². The van der Waals surface area contributed by atoms with Gasteiger partial charge in [-0.1, -0.05) is 52.5 Å². The van der Waals surface area contributed by atoms with Gasteiger partial charge in [0.25, 0.3) is 17.7 Å². The van der Waals surface area contributed by atoms with Gasteiger partial charge in [-0.25, -0.2) is 5.01 Å². The number of halogens is 2. The number of ketones is 1. The zero-order valence-electron chi connectivity index (χ0n) is 23.1. The van der Waals surface area contributed by atoms with Crippen molar-refractivity contribution in [1.82, 2.24) is 10.0 Å². The third kappa shape index (κ3) is 6.22. The number of amides is 3. The summed E-state index contributed by atoms with van der Waals surface area (Å²) in [6.45, 7) is 3.05. The number of carbonyl (C=O) groups excluding carboxylic acids is 4. The van der Waals surface area contributed by atoms with Crippen molar-refractivity contribution in [1.29, 1.82) is 0 Å². The van der Waals surface area contributed by atoms with Crippen LogP contribution in [0.5, 0.6) is 5.75 Å². The Bertz CT molecular complexity index is 1770. The van der Waals surface area contributed by atoms with Gasteiger partial charge in [-0.15, -0.1) is 0 Å². The third-order valence-corrected chi connectivity index (χ3v) is 9.43. The monoisotopic (exact) mass is 640 g/mol. The van der Waals surface area contributed by atoms with Crippen LogP contribution < -0.4 is 4.18 Å². The first-order chi connectivity index (χ1) is 20.4. The van der Waals surface area contributed by atoms with Crippen molar-refractivity contribution in [3.05, 3.63) is 105 Å². The zero-order valence-corrected chi connectivity index (χ0v) is 25.4. The number of hydrazine groups is 1. The van der Waals surface area contributed by atoms with Crippen LogP contribution in [0.15, 0.2) is 83.3 Å². The van der Waals surface area contributed by atoms with Crippen LogP contribution in [0.25, 0.3) is 0 Å². The molecule has 222 valence electrons. The van der Waals surface area contributed by atoms with Crippen LogP contribution in [-0.2, 0) is 19.7 Å². The normalized spacial score (nSPS) is 18.2. The van der Waals surface area contributed by atoms with Crippen molar-refractivity contribution in [2.24, 2.45) is 11.8 Å². The number of fused-ring (bicyclic) bond motifs is 1. The van der Waals surface area contributed by atoms with E-state index in [4.69, 9.17) is 27.4 Å². The van der Waals surface area contributed by atoms with Gasteiger partial charge < -0.3 is 4.18 Å². The Labute approximate surface area is 258 Å². The predicted octanol–water partition coefficient (Wildman–Crippen LogP) is 5.65. The maximum Gasteiger partial charge on any atom is 0.339 e. The summed E-state index contributed by atoms with van der Waals surface area (Å²) in [7, 11) is -4.11. The van der Waals surface area contributed by atoms with Gasteiger partial charge in [-0.2, -0.15) is 13.4 Å². The van der Waals surface area contributed by atoms with Crippen LogP contribution in [-0.4, -0.2) is 48.5 Å². The summed E-state index contributed by atoms with van der Waals surface area (Å²) in [6, 6.07) is 15.5. The zero-order chi connectivity index (χ0) is 31.1. The molecule has 1 saturated heterocycles. The van der Waals surface area contributed by atoms with E-state index < -0.39 is 52.0 Å². The number of aryl methyl sites for hydroxylation is 1. The molecule has 0 radical (unpaired) electrons. The molecule has 0 saturated carbocycles. The molecular weight excluding hydrogens is 615 g/mol. The van der Waals surface area contributed by atoms with Gasteiger partial charge in [0.2, 0.25) is 0 Å². The molecule has 0 bridgehead atoms. The van der Waals surface area contributed by atoms with Gasteiger partial charge in [0.15, 0.2) is 5.78 Å². The fourth-order valence-corrected chi connectivity index (χ4v) is 6.30. The molecule has 1 fully saturated rings. The molecule has 3 aromatic rings. The largest absolute Gasteiger partial charge is 0.379 e. The van der Waals surface area contributed by atoms with Crippen LogP contribution in [0, 0.1) is 18.8 Å². The van der Waals surface area contributed by atoms with Crippen molar-refractivity contribution in [3.8, 4) is 5.75 Å².